The maximum absolute atomic E-state index is 13.7. The fraction of sp³-hybridized carbons (Fsp3) is 0.231. The summed E-state index contributed by atoms with van der Waals surface area (Å²) >= 11 is 0. The minimum atomic E-state index is -0.635. The minimum absolute atomic E-state index is 0.0311. The summed E-state index contributed by atoms with van der Waals surface area (Å²) in [6, 6.07) is 1.50. The first kappa shape index (κ1) is 12.5. The van der Waals surface area contributed by atoms with Crippen LogP contribution in [0, 0.1) is 11.9 Å². The van der Waals surface area contributed by atoms with E-state index in [1.54, 1.807) is 6.08 Å². The lowest BCUT2D eigenvalue weighted by molar-refractivity contribution is 0.546. The Morgan fingerprint density at radius 2 is 2.20 bits per heavy atom. The molecule has 0 radical (unpaired) electrons. The van der Waals surface area contributed by atoms with Crippen molar-refractivity contribution >= 4 is 0 Å². The van der Waals surface area contributed by atoms with Gasteiger partial charge in [0.1, 0.15) is 5.69 Å². The fourth-order valence-corrected chi connectivity index (χ4v) is 2.22. The van der Waals surface area contributed by atoms with Crippen molar-refractivity contribution in [3.63, 3.8) is 0 Å². The molecule has 0 unspecified atom stereocenters. The monoisotopic (exact) mass is 274 g/mol. The first-order valence-corrected chi connectivity index (χ1v) is 6.08. The molecule has 0 aromatic carbocycles. The number of halogens is 1. The summed E-state index contributed by atoms with van der Waals surface area (Å²) in [5, 5.41) is 7.12. The zero-order valence-corrected chi connectivity index (χ0v) is 10.4. The number of nitrogens with one attached hydrogen (secondary N) is 2. The molecule has 1 aliphatic rings. The number of allylic oxidation sites excluding steroid dienone is 1. The molecule has 0 amide bonds. The van der Waals surface area contributed by atoms with Gasteiger partial charge in [0, 0.05) is 11.8 Å². The van der Waals surface area contributed by atoms with Crippen LogP contribution in [0.25, 0.3) is 11.3 Å². The van der Waals surface area contributed by atoms with Crippen LogP contribution in [0.2, 0.25) is 0 Å². The van der Waals surface area contributed by atoms with Crippen LogP contribution in [-0.4, -0.2) is 20.2 Å². The molecule has 0 spiro atoms. The number of aromatic amines is 2. The Morgan fingerprint density at radius 1 is 1.40 bits per heavy atom. The average molecular weight is 274 g/mol. The van der Waals surface area contributed by atoms with Gasteiger partial charge in [-0.1, -0.05) is 6.08 Å². The topological polar surface area (TPSA) is 91.5 Å². The molecule has 2 aromatic heterocycles. The van der Waals surface area contributed by atoms with Crippen molar-refractivity contribution in [1.82, 2.24) is 20.2 Å². The second-order valence-electron chi connectivity index (χ2n) is 4.70. The Morgan fingerprint density at radius 3 is 2.85 bits per heavy atom. The van der Waals surface area contributed by atoms with Crippen LogP contribution in [0.3, 0.4) is 0 Å². The number of hydrogen-bond donors (Lipinski definition) is 2. The molecule has 3 rings (SSSR count). The molecule has 2 atom stereocenters. The van der Waals surface area contributed by atoms with Gasteiger partial charge in [-0.25, -0.2) is 4.79 Å². The molecule has 1 aliphatic carbocycles. The van der Waals surface area contributed by atoms with Gasteiger partial charge in [0.2, 0.25) is 5.95 Å². The fourth-order valence-electron chi connectivity index (χ4n) is 2.22. The van der Waals surface area contributed by atoms with Crippen LogP contribution in [0.15, 0.2) is 34.5 Å². The van der Waals surface area contributed by atoms with E-state index in [1.807, 2.05) is 0 Å². The summed E-state index contributed by atoms with van der Waals surface area (Å²) in [5.74, 6) is -0.372. The SMILES string of the molecule is C=C[C@H]1C[C@@H]1c1cc(-c2c[nH]c(=O)[nH]c2=O)nnc1F. The van der Waals surface area contributed by atoms with Crippen molar-refractivity contribution in [1.29, 1.82) is 0 Å². The third kappa shape index (κ3) is 2.07. The van der Waals surface area contributed by atoms with Crippen molar-refractivity contribution in [2.75, 3.05) is 0 Å². The van der Waals surface area contributed by atoms with Crippen molar-refractivity contribution < 1.29 is 4.39 Å². The van der Waals surface area contributed by atoms with Gasteiger partial charge < -0.3 is 4.98 Å². The molecule has 2 N–H and O–H groups in total. The Bertz CT molecular complexity index is 795. The first-order chi connectivity index (χ1) is 9.60. The van der Waals surface area contributed by atoms with Gasteiger partial charge in [0.15, 0.2) is 0 Å². The summed E-state index contributed by atoms with van der Waals surface area (Å²) in [7, 11) is 0. The highest BCUT2D eigenvalue weighted by Gasteiger charge is 2.38. The Balaban J connectivity index is 2.07. The number of nitrogens with zero attached hydrogens (tertiary/aromatic N) is 2. The van der Waals surface area contributed by atoms with Crippen LogP contribution in [0.5, 0.6) is 0 Å². The molecular weight excluding hydrogens is 263 g/mol. The molecule has 0 saturated heterocycles. The highest BCUT2D eigenvalue weighted by molar-refractivity contribution is 5.57. The second kappa shape index (κ2) is 4.52. The lowest BCUT2D eigenvalue weighted by Gasteiger charge is -2.03. The van der Waals surface area contributed by atoms with Crippen molar-refractivity contribution in [3.8, 4) is 11.3 Å². The maximum Gasteiger partial charge on any atom is 0.325 e. The molecule has 2 heterocycles. The molecule has 1 fully saturated rings. The normalized spacial score (nSPS) is 20.6. The van der Waals surface area contributed by atoms with E-state index in [-0.39, 0.29) is 23.1 Å². The van der Waals surface area contributed by atoms with E-state index < -0.39 is 17.2 Å². The number of rotatable bonds is 3. The van der Waals surface area contributed by atoms with E-state index in [0.29, 0.717) is 5.56 Å². The van der Waals surface area contributed by atoms with Crippen molar-refractivity contribution in [2.24, 2.45) is 5.92 Å². The number of hydrogen-bond acceptors (Lipinski definition) is 4. The van der Waals surface area contributed by atoms with Crippen LogP contribution >= 0.6 is 0 Å². The zero-order chi connectivity index (χ0) is 14.3. The van der Waals surface area contributed by atoms with Crippen molar-refractivity contribution in [2.45, 2.75) is 12.3 Å². The summed E-state index contributed by atoms with van der Waals surface area (Å²) in [6.45, 7) is 3.68. The van der Waals surface area contributed by atoms with Crippen LogP contribution < -0.4 is 11.2 Å². The van der Waals surface area contributed by atoms with Crippen LogP contribution in [0.1, 0.15) is 17.9 Å². The highest BCUT2D eigenvalue weighted by atomic mass is 19.1. The molecule has 7 heteroatoms. The Hall–Kier alpha value is -2.57. The highest BCUT2D eigenvalue weighted by Crippen LogP contribution is 2.48. The van der Waals surface area contributed by atoms with Gasteiger partial charge in [-0.05, 0) is 24.3 Å². The first-order valence-electron chi connectivity index (χ1n) is 6.08. The smallest absolute Gasteiger partial charge is 0.313 e. The predicted molar refractivity (Wildman–Crippen MR) is 69.7 cm³/mol. The number of aromatic nitrogens is 4. The summed E-state index contributed by atoms with van der Waals surface area (Å²) in [6.07, 6.45) is 3.83. The van der Waals surface area contributed by atoms with Gasteiger partial charge in [0.25, 0.3) is 5.56 Å². The molecule has 1 saturated carbocycles. The van der Waals surface area contributed by atoms with Gasteiger partial charge in [-0.3, -0.25) is 9.78 Å². The van der Waals surface area contributed by atoms with Crippen LogP contribution in [-0.2, 0) is 0 Å². The largest absolute Gasteiger partial charge is 0.325 e. The number of H-pyrrole nitrogens is 2. The van der Waals surface area contributed by atoms with Gasteiger partial charge in [0.05, 0.1) is 5.56 Å². The molecule has 0 bridgehead atoms. The van der Waals surface area contributed by atoms with E-state index in [1.165, 1.54) is 12.3 Å². The quantitative estimate of drug-likeness (QED) is 0.815. The van der Waals surface area contributed by atoms with E-state index in [2.05, 4.69) is 26.7 Å². The average Bonchev–Trinajstić information content (AvgIpc) is 3.19. The van der Waals surface area contributed by atoms with E-state index in [9.17, 15) is 14.0 Å². The van der Waals surface area contributed by atoms with Gasteiger partial charge in [-0.15, -0.1) is 16.8 Å². The van der Waals surface area contributed by atoms with Gasteiger partial charge in [-0.2, -0.15) is 4.39 Å². The van der Waals surface area contributed by atoms with Crippen LogP contribution in [0.4, 0.5) is 4.39 Å². The Labute approximate surface area is 112 Å². The lowest BCUT2D eigenvalue weighted by atomic mass is 10.1. The van der Waals surface area contributed by atoms with E-state index in [0.717, 1.165) is 6.42 Å². The zero-order valence-electron chi connectivity index (χ0n) is 10.4. The van der Waals surface area contributed by atoms with Gasteiger partial charge >= 0.3 is 5.69 Å². The molecule has 6 nitrogen and oxygen atoms in total. The van der Waals surface area contributed by atoms with E-state index >= 15 is 0 Å². The third-order valence-corrected chi connectivity index (χ3v) is 3.41. The third-order valence-electron chi connectivity index (χ3n) is 3.41. The summed E-state index contributed by atoms with van der Waals surface area (Å²) < 4.78 is 13.7. The lowest BCUT2D eigenvalue weighted by Crippen LogP contribution is -2.23. The van der Waals surface area contributed by atoms with Crippen molar-refractivity contribution in [3.05, 3.63) is 57.3 Å². The molecule has 20 heavy (non-hydrogen) atoms. The predicted octanol–water partition coefficient (Wildman–Crippen LogP) is 0.949. The molecule has 102 valence electrons. The molecule has 2 aromatic rings. The molecular formula is C13H11FN4O2. The Kier molecular flexibility index (Phi) is 2.81. The minimum Gasteiger partial charge on any atom is -0.313 e. The maximum atomic E-state index is 13.7. The molecule has 0 aliphatic heterocycles. The van der Waals surface area contributed by atoms with E-state index in [4.69, 9.17) is 0 Å². The second-order valence-corrected chi connectivity index (χ2v) is 4.70. The summed E-state index contributed by atoms with van der Waals surface area (Å²) in [4.78, 5) is 27.1. The standard InChI is InChI=1S/C13H11FN4O2/c1-2-6-3-7(6)8-4-10(17-18-11(8)14)9-5-15-13(20)16-12(9)19/h2,4-7H,1,3H2,(H2,15,16,19,20)/t6-,7-/m0/s1. The summed E-state index contributed by atoms with van der Waals surface area (Å²) in [5.41, 5.74) is -0.395.